The maximum atomic E-state index is 13.1. The molecule has 1 aromatic rings. The highest BCUT2D eigenvalue weighted by Gasteiger charge is 2.26. The van der Waals surface area contributed by atoms with Gasteiger partial charge in [-0.15, -0.1) is 4.73 Å². The van der Waals surface area contributed by atoms with Crippen molar-refractivity contribution in [3.05, 3.63) is 36.4 Å². The van der Waals surface area contributed by atoms with Gasteiger partial charge in [0.05, 0.1) is 32.6 Å². The number of carbonyl (C=O) groups is 14. The van der Waals surface area contributed by atoms with Gasteiger partial charge in [-0.05, 0) is 46.0 Å². The molecule has 0 saturated carbocycles. The summed E-state index contributed by atoms with van der Waals surface area (Å²) in [6, 6.07) is -1.22. The van der Waals surface area contributed by atoms with Crippen LogP contribution in [-0.4, -0.2) is 178 Å². The lowest BCUT2D eigenvalue weighted by Gasteiger charge is -2.19. The molecule has 0 bridgehead atoms. The lowest BCUT2D eigenvalue weighted by atomic mass is 10.1. The summed E-state index contributed by atoms with van der Waals surface area (Å²) in [5.41, 5.74) is 0. The van der Waals surface area contributed by atoms with Crippen molar-refractivity contribution in [3.63, 3.8) is 0 Å². The Morgan fingerprint density at radius 2 is 0.917 bits per heavy atom. The molecule has 2 aliphatic heterocycles. The summed E-state index contributed by atoms with van der Waals surface area (Å²) in [4.78, 5) is 178. The van der Waals surface area contributed by atoms with Crippen molar-refractivity contribution in [3.8, 4) is 11.8 Å². The summed E-state index contributed by atoms with van der Waals surface area (Å²) in [6.45, 7) is 0.282. The van der Waals surface area contributed by atoms with Crippen molar-refractivity contribution < 1.29 is 82.2 Å². The number of aromatic hydroxyl groups is 2. The van der Waals surface area contributed by atoms with Crippen LogP contribution in [0.15, 0.2) is 36.4 Å². The first-order valence-corrected chi connectivity index (χ1v) is 22.5. The quantitative estimate of drug-likeness (QED) is 0.0244. The average Bonchev–Trinajstić information content (AvgIpc) is 3.96. The van der Waals surface area contributed by atoms with Crippen LogP contribution < -0.4 is 52.7 Å². The fourth-order valence-electron chi connectivity index (χ4n) is 6.31. The SMILES string of the molecule is CC(NC(=O)CCCN1C(=O)C=CC1=O)C(=O)NCC(=O)NCC(=O)NCCCCC(NC(=O)CNC(=O)CNC(=O)C(C)NC(=O)CCCN1C(=O)C=CC1=O)C(=O)NCCC(=O)On1c(O)ccc1O. The molecule has 3 atom stereocenters. The van der Waals surface area contributed by atoms with Gasteiger partial charge in [0.1, 0.15) is 18.1 Å². The maximum absolute atomic E-state index is 13.1. The first-order chi connectivity index (χ1) is 34.1. The molecule has 72 heavy (non-hydrogen) atoms. The lowest BCUT2D eigenvalue weighted by molar-refractivity contribution is -0.145. The zero-order valence-electron chi connectivity index (χ0n) is 39.4. The first-order valence-electron chi connectivity index (χ1n) is 22.5. The van der Waals surface area contributed by atoms with Crippen molar-refractivity contribution >= 4 is 82.8 Å². The standard InChI is InChI=1S/C43H58N12O17/c1-25(50-28(56)8-5-19-53-34(62)10-11-35(53)63)41(69)48-22-31(59)46-21-30(58)44-17-4-3-7-27(43(71)45-18-16-40(68)72-55-38(66)14-15-39(55)67)52-33(61)24-47-32(60)23-49-42(70)26(2)51-29(57)9-6-20-54-36(64)12-13-37(54)65/h10-15,25-27,66-67H,3-9,16-24H2,1-2H3,(H,44,58)(H,45,71)(H,46,59)(H,47,60)(H,48,69)(H,49,70)(H,50,56)(H,51,57)(H,52,61). The molecule has 0 fully saturated rings. The molecule has 1 aromatic heterocycles. The summed E-state index contributed by atoms with van der Waals surface area (Å²) >= 11 is 0. The van der Waals surface area contributed by atoms with Crippen LogP contribution in [0.4, 0.5) is 0 Å². The summed E-state index contributed by atoms with van der Waals surface area (Å²) in [5, 5.41) is 40.9. The maximum Gasteiger partial charge on any atom is 0.334 e. The Hall–Kier alpha value is -8.66. The molecule has 11 N–H and O–H groups in total. The summed E-state index contributed by atoms with van der Waals surface area (Å²) < 4.78 is 0.454. The average molecular weight is 1020 g/mol. The summed E-state index contributed by atoms with van der Waals surface area (Å²) in [6.07, 6.45) is 4.64. The minimum atomic E-state index is -1.24. The molecule has 13 amide bonds. The van der Waals surface area contributed by atoms with E-state index in [1.165, 1.54) is 13.8 Å². The van der Waals surface area contributed by atoms with Crippen LogP contribution >= 0.6 is 0 Å². The zero-order valence-corrected chi connectivity index (χ0v) is 39.4. The van der Waals surface area contributed by atoms with Gasteiger partial charge in [0, 0.05) is 75.5 Å². The van der Waals surface area contributed by atoms with Gasteiger partial charge in [0.25, 0.3) is 23.6 Å². The number of amides is 13. The van der Waals surface area contributed by atoms with Gasteiger partial charge < -0.3 is 62.9 Å². The Balaban J connectivity index is 1.37. The molecule has 3 unspecified atom stereocenters. The highest BCUT2D eigenvalue weighted by Crippen LogP contribution is 2.18. The molecule has 0 radical (unpaired) electrons. The van der Waals surface area contributed by atoms with E-state index < -0.39 is 145 Å². The van der Waals surface area contributed by atoms with Crippen molar-refractivity contribution in [2.45, 2.75) is 83.3 Å². The molecular weight excluding hydrogens is 957 g/mol. The Labute approximate surface area is 410 Å². The Morgan fingerprint density at radius 3 is 1.39 bits per heavy atom. The normalized spacial score (nSPS) is 13.9. The third kappa shape index (κ3) is 20.5. The molecule has 0 saturated heterocycles. The van der Waals surface area contributed by atoms with Crippen LogP contribution in [0.5, 0.6) is 11.8 Å². The number of aromatic nitrogens is 1. The number of hydrogen-bond donors (Lipinski definition) is 11. The predicted molar refractivity (Wildman–Crippen MR) is 243 cm³/mol. The smallest absolute Gasteiger partial charge is 0.334 e. The highest BCUT2D eigenvalue weighted by molar-refractivity contribution is 6.13. The van der Waals surface area contributed by atoms with Gasteiger partial charge >= 0.3 is 5.97 Å². The topological polar surface area (TPSA) is 408 Å². The molecule has 3 heterocycles. The van der Waals surface area contributed by atoms with Gasteiger partial charge in [-0.1, -0.05) is 0 Å². The zero-order chi connectivity index (χ0) is 53.3. The highest BCUT2D eigenvalue weighted by atomic mass is 16.7. The molecule has 0 spiro atoms. The van der Waals surface area contributed by atoms with Crippen LogP contribution in [0.3, 0.4) is 0 Å². The number of unbranched alkanes of at least 4 members (excludes halogenated alkanes) is 1. The van der Waals surface area contributed by atoms with Gasteiger partial charge in [-0.2, -0.15) is 0 Å². The third-order valence-corrected chi connectivity index (χ3v) is 10.2. The van der Waals surface area contributed by atoms with Crippen LogP contribution in [-0.2, 0) is 67.1 Å². The van der Waals surface area contributed by atoms with Crippen molar-refractivity contribution in [2.75, 3.05) is 52.4 Å². The molecular formula is C43H58N12O17. The molecule has 29 nitrogen and oxygen atoms in total. The molecule has 0 aromatic carbocycles. The molecule has 29 heteroatoms. The number of imide groups is 2. The number of hydrogen-bond acceptors (Lipinski definition) is 17. The van der Waals surface area contributed by atoms with Crippen molar-refractivity contribution in [1.29, 1.82) is 0 Å². The second-order valence-corrected chi connectivity index (χ2v) is 15.9. The fourth-order valence-corrected chi connectivity index (χ4v) is 6.31. The Kier molecular flexibility index (Phi) is 23.5. The number of carbonyl (C=O) groups excluding carboxylic acids is 14. The number of nitrogens with one attached hydrogen (secondary N) is 9. The molecule has 2 aliphatic rings. The monoisotopic (exact) mass is 1010 g/mol. The predicted octanol–water partition coefficient (Wildman–Crippen LogP) is -5.98. The van der Waals surface area contributed by atoms with Crippen molar-refractivity contribution in [2.24, 2.45) is 0 Å². The van der Waals surface area contributed by atoms with E-state index >= 15 is 0 Å². The molecule has 3 rings (SSSR count). The minimum Gasteiger partial charge on any atom is -0.492 e. The van der Waals surface area contributed by atoms with Gasteiger partial charge in [0.15, 0.2) is 0 Å². The minimum absolute atomic E-state index is 0.00724. The second kappa shape index (κ2) is 29.4. The van der Waals surface area contributed by atoms with Crippen LogP contribution in [0.1, 0.15) is 65.2 Å². The molecule has 0 aliphatic carbocycles. The lowest BCUT2D eigenvalue weighted by Crippen LogP contribution is -2.51. The van der Waals surface area contributed by atoms with E-state index in [1.807, 2.05) is 0 Å². The van der Waals surface area contributed by atoms with Crippen molar-refractivity contribution in [1.82, 2.24) is 62.4 Å². The second-order valence-electron chi connectivity index (χ2n) is 15.9. The Bertz CT molecular complexity index is 2260. The Morgan fingerprint density at radius 1 is 0.486 bits per heavy atom. The first kappa shape index (κ1) is 57.7. The van der Waals surface area contributed by atoms with E-state index in [4.69, 9.17) is 4.84 Å². The third-order valence-electron chi connectivity index (χ3n) is 10.2. The van der Waals surface area contributed by atoms with Crippen LogP contribution in [0.25, 0.3) is 0 Å². The summed E-state index contributed by atoms with van der Waals surface area (Å²) in [5.74, 6) is -10.3. The fraction of sp³-hybridized carbons (Fsp3) is 0.488. The van der Waals surface area contributed by atoms with E-state index in [2.05, 4.69) is 47.9 Å². The largest absolute Gasteiger partial charge is 0.492 e. The van der Waals surface area contributed by atoms with Crippen LogP contribution in [0.2, 0.25) is 0 Å². The summed E-state index contributed by atoms with van der Waals surface area (Å²) in [7, 11) is 0. The van der Waals surface area contributed by atoms with E-state index in [0.29, 0.717) is 4.73 Å². The van der Waals surface area contributed by atoms with Gasteiger partial charge in [-0.3, -0.25) is 72.1 Å². The van der Waals surface area contributed by atoms with Gasteiger partial charge in [-0.25, -0.2) is 4.79 Å². The van der Waals surface area contributed by atoms with E-state index in [0.717, 1.165) is 46.2 Å². The van der Waals surface area contributed by atoms with E-state index in [1.54, 1.807) is 0 Å². The van der Waals surface area contributed by atoms with Crippen LogP contribution in [0, 0.1) is 0 Å². The number of rotatable bonds is 31. The van der Waals surface area contributed by atoms with E-state index in [-0.39, 0.29) is 71.1 Å². The number of nitrogens with zero attached hydrogens (tertiary/aromatic N) is 3. The van der Waals surface area contributed by atoms with E-state index in [9.17, 15) is 77.3 Å². The van der Waals surface area contributed by atoms with Gasteiger partial charge in [0.2, 0.25) is 64.9 Å². The molecule has 392 valence electrons.